The quantitative estimate of drug-likeness (QED) is 0.855. The van der Waals surface area contributed by atoms with E-state index in [-0.39, 0.29) is 12.4 Å². The fraction of sp³-hybridized carbons (Fsp3) is 0.400. The van der Waals surface area contributed by atoms with Crippen LogP contribution in [0.2, 0.25) is 0 Å². The molecule has 0 fully saturated rings. The van der Waals surface area contributed by atoms with E-state index in [0.717, 1.165) is 12.1 Å². The van der Waals surface area contributed by atoms with Gasteiger partial charge in [-0.25, -0.2) is 0 Å². The first-order valence-corrected chi connectivity index (χ1v) is 6.69. The SMILES string of the molecule is COCCOc1cc(-c2c(C)n[nH]c2C)cc(C(F)(F)F)c1. The van der Waals surface area contributed by atoms with Gasteiger partial charge in [-0.3, -0.25) is 5.10 Å². The van der Waals surface area contributed by atoms with E-state index in [0.29, 0.717) is 29.1 Å². The van der Waals surface area contributed by atoms with Crippen LogP contribution in [0.25, 0.3) is 11.1 Å². The van der Waals surface area contributed by atoms with Crippen molar-refractivity contribution in [3.05, 3.63) is 35.2 Å². The molecular weight excluding hydrogens is 297 g/mol. The smallest absolute Gasteiger partial charge is 0.416 e. The van der Waals surface area contributed by atoms with Crippen LogP contribution in [0.1, 0.15) is 17.0 Å². The van der Waals surface area contributed by atoms with Gasteiger partial charge in [0.15, 0.2) is 0 Å². The molecule has 0 atom stereocenters. The Labute approximate surface area is 126 Å². The molecule has 120 valence electrons. The summed E-state index contributed by atoms with van der Waals surface area (Å²) in [5.41, 5.74) is 1.67. The summed E-state index contributed by atoms with van der Waals surface area (Å²) < 4.78 is 49.4. The summed E-state index contributed by atoms with van der Waals surface area (Å²) in [6, 6.07) is 3.67. The molecule has 22 heavy (non-hydrogen) atoms. The van der Waals surface area contributed by atoms with Crippen LogP contribution in [0.3, 0.4) is 0 Å². The molecule has 0 aliphatic carbocycles. The number of hydrogen-bond donors (Lipinski definition) is 1. The van der Waals surface area contributed by atoms with E-state index in [1.54, 1.807) is 19.9 Å². The second-order valence-corrected chi connectivity index (χ2v) is 4.89. The highest BCUT2D eigenvalue weighted by Gasteiger charge is 2.32. The van der Waals surface area contributed by atoms with Crippen LogP contribution in [-0.2, 0) is 10.9 Å². The van der Waals surface area contributed by atoms with Gasteiger partial charge in [0.1, 0.15) is 12.4 Å². The Balaban J connectivity index is 2.47. The summed E-state index contributed by atoms with van der Waals surface area (Å²) in [5.74, 6) is 0.155. The van der Waals surface area contributed by atoms with Crippen molar-refractivity contribution in [3.8, 4) is 16.9 Å². The van der Waals surface area contributed by atoms with Gasteiger partial charge in [-0.2, -0.15) is 18.3 Å². The molecule has 1 aromatic carbocycles. The van der Waals surface area contributed by atoms with Gasteiger partial charge < -0.3 is 9.47 Å². The van der Waals surface area contributed by atoms with E-state index in [4.69, 9.17) is 9.47 Å². The predicted molar refractivity (Wildman–Crippen MR) is 75.9 cm³/mol. The molecule has 4 nitrogen and oxygen atoms in total. The van der Waals surface area contributed by atoms with Crippen molar-refractivity contribution in [2.45, 2.75) is 20.0 Å². The third-order valence-corrected chi connectivity index (χ3v) is 3.21. The second-order valence-electron chi connectivity index (χ2n) is 4.89. The van der Waals surface area contributed by atoms with E-state index in [9.17, 15) is 13.2 Å². The fourth-order valence-corrected chi connectivity index (χ4v) is 2.21. The predicted octanol–water partition coefficient (Wildman–Crippen LogP) is 3.74. The molecule has 0 aliphatic rings. The number of H-pyrrole nitrogens is 1. The largest absolute Gasteiger partial charge is 0.491 e. The lowest BCUT2D eigenvalue weighted by Crippen LogP contribution is -2.08. The van der Waals surface area contributed by atoms with Gasteiger partial charge in [-0.05, 0) is 37.6 Å². The third-order valence-electron chi connectivity index (χ3n) is 3.21. The lowest BCUT2D eigenvalue weighted by Gasteiger charge is -2.13. The van der Waals surface area contributed by atoms with Crippen LogP contribution in [0.15, 0.2) is 18.2 Å². The average Bonchev–Trinajstić information content (AvgIpc) is 2.77. The van der Waals surface area contributed by atoms with Crippen molar-refractivity contribution >= 4 is 0 Å². The summed E-state index contributed by atoms with van der Waals surface area (Å²) in [6.07, 6.45) is -4.44. The first-order chi connectivity index (χ1) is 10.3. The molecule has 2 rings (SSSR count). The number of benzene rings is 1. The van der Waals surface area contributed by atoms with Crippen LogP contribution in [0, 0.1) is 13.8 Å². The first-order valence-electron chi connectivity index (χ1n) is 6.69. The van der Waals surface area contributed by atoms with E-state index >= 15 is 0 Å². The minimum atomic E-state index is -4.44. The Hall–Kier alpha value is -2.02. The molecule has 1 heterocycles. The van der Waals surface area contributed by atoms with Crippen molar-refractivity contribution in [2.24, 2.45) is 0 Å². The first kappa shape index (κ1) is 16.4. The number of methoxy groups -OCH3 is 1. The van der Waals surface area contributed by atoms with Gasteiger partial charge in [-0.15, -0.1) is 0 Å². The number of ether oxygens (including phenoxy) is 2. The van der Waals surface area contributed by atoms with Crippen LogP contribution in [0.5, 0.6) is 5.75 Å². The lowest BCUT2D eigenvalue weighted by molar-refractivity contribution is -0.137. The molecular formula is C15H17F3N2O2. The number of aryl methyl sites for hydroxylation is 2. The van der Waals surface area contributed by atoms with Crippen molar-refractivity contribution in [1.82, 2.24) is 10.2 Å². The number of hydrogen-bond acceptors (Lipinski definition) is 3. The number of aromatic nitrogens is 2. The number of alkyl halides is 3. The lowest BCUT2D eigenvalue weighted by atomic mass is 10.0. The van der Waals surface area contributed by atoms with Crippen molar-refractivity contribution in [2.75, 3.05) is 20.3 Å². The zero-order valence-electron chi connectivity index (χ0n) is 12.5. The molecule has 1 aromatic heterocycles. The molecule has 0 radical (unpaired) electrons. The molecule has 0 unspecified atom stereocenters. The highest BCUT2D eigenvalue weighted by Crippen LogP contribution is 2.37. The Kier molecular flexibility index (Phi) is 4.75. The number of nitrogens with zero attached hydrogens (tertiary/aromatic N) is 1. The van der Waals surface area contributed by atoms with Crippen LogP contribution in [-0.4, -0.2) is 30.5 Å². The third kappa shape index (κ3) is 3.59. The minimum Gasteiger partial charge on any atom is -0.491 e. The van der Waals surface area contributed by atoms with Gasteiger partial charge in [-0.1, -0.05) is 0 Å². The highest BCUT2D eigenvalue weighted by atomic mass is 19.4. The molecule has 1 N–H and O–H groups in total. The maximum Gasteiger partial charge on any atom is 0.416 e. The number of halogens is 3. The molecule has 0 amide bonds. The Bertz CT molecular complexity index is 631. The normalized spacial score (nSPS) is 11.7. The zero-order chi connectivity index (χ0) is 16.3. The Morgan fingerprint density at radius 2 is 1.86 bits per heavy atom. The van der Waals surface area contributed by atoms with E-state index in [1.807, 2.05) is 0 Å². The van der Waals surface area contributed by atoms with Gasteiger partial charge >= 0.3 is 6.18 Å². The summed E-state index contributed by atoms with van der Waals surface area (Å²) in [5, 5.41) is 6.80. The standard InChI is InChI=1S/C15H17F3N2O2/c1-9-14(10(2)20-19-9)11-6-12(15(16,17)18)8-13(7-11)22-5-4-21-3/h6-8H,4-5H2,1-3H3,(H,19,20). The summed E-state index contributed by atoms with van der Waals surface area (Å²) in [6.45, 7) is 3.99. The molecule has 0 saturated heterocycles. The van der Waals surface area contributed by atoms with Crippen LogP contribution >= 0.6 is 0 Å². The average molecular weight is 314 g/mol. The highest BCUT2D eigenvalue weighted by molar-refractivity contribution is 5.70. The summed E-state index contributed by atoms with van der Waals surface area (Å²) in [7, 11) is 1.50. The van der Waals surface area contributed by atoms with Crippen LogP contribution < -0.4 is 4.74 Å². The van der Waals surface area contributed by atoms with Crippen molar-refractivity contribution < 1.29 is 22.6 Å². The minimum absolute atomic E-state index is 0.155. The van der Waals surface area contributed by atoms with Gasteiger partial charge in [0, 0.05) is 18.4 Å². The van der Waals surface area contributed by atoms with Crippen molar-refractivity contribution in [1.29, 1.82) is 0 Å². The van der Waals surface area contributed by atoms with Crippen molar-refractivity contribution in [3.63, 3.8) is 0 Å². The number of rotatable bonds is 5. The second kappa shape index (κ2) is 6.39. The topological polar surface area (TPSA) is 47.1 Å². The van der Waals surface area contributed by atoms with Gasteiger partial charge in [0.2, 0.25) is 0 Å². The van der Waals surface area contributed by atoms with Crippen LogP contribution in [0.4, 0.5) is 13.2 Å². The zero-order valence-corrected chi connectivity index (χ0v) is 12.5. The van der Waals surface area contributed by atoms with E-state index in [2.05, 4.69) is 10.2 Å². The van der Waals surface area contributed by atoms with E-state index < -0.39 is 11.7 Å². The molecule has 0 bridgehead atoms. The fourth-order valence-electron chi connectivity index (χ4n) is 2.21. The maximum absolute atomic E-state index is 13.1. The van der Waals surface area contributed by atoms with Gasteiger partial charge in [0.05, 0.1) is 17.9 Å². The Morgan fingerprint density at radius 1 is 1.14 bits per heavy atom. The summed E-state index contributed by atoms with van der Waals surface area (Å²) in [4.78, 5) is 0. The molecule has 0 aliphatic heterocycles. The molecule has 7 heteroatoms. The molecule has 0 spiro atoms. The monoisotopic (exact) mass is 314 g/mol. The summed E-state index contributed by atoms with van der Waals surface area (Å²) >= 11 is 0. The van der Waals surface area contributed by atoms with Gasteiger partial charge in [0.25, 0.3) is 0 Å². The van der Waals surface area contributed by atoms with E-state index in [1.165, 1.54) is 7.11 Å². The number of aromatic amines is 1. The molecule has 0 saturated carbocycles. The molecule has 2 aromatic rings. The maximum atomic E-state index is 13.1. The number of nitrogens with one attached hydrogen (secondary N) is 1. The Morgan fingerprint density at radius 3 is 2.41 bits per heavy atom.